The second kappa shape index (κ2) is 9.73. The second-order valence-electron chi connectivity index (χ2n) is 7.89. The van der Waals surface area contributed by atoms with Crippen molar-refractivity contribution in [2.45, 2.75) is 40.2 Å². The van der Waals surface area contributed by atoms with Crippen LogP contribution in [0.1, 0.15) is 36.7 Å². The van der Waals surface area contributed by atoms with E-state index in [1.165, 1.54) is 31.5 Å². The van der Waals surface area contributed by atoms with Crippen LogP contribution in [0.25, 0.3) is 5.69 Å². The van der Waals surface area contributed by atoms with Gasteiger partial charge in [-0.1, -0.05) is 25.1 Å². The van der Waals surface area contributed by atoms with E-state index in [1.807, 2.05) is 18.7 Å². The number of guanidine groups is 1. The number of benzene rings is 1. The summed E-state index contributed by atoms with van der Waals surface area (Å²) in [5.74, 6) is 1.44. The number of aromatic nitrogens is 2. The molecular weight excluding hydrogens is 348 g/mol. The number of para-hydroxylation sites is 1. The maximum atomic E-state index is 4.64. The first-order valence-electron chi connectivity index (χ1n) is 10.3. The third-order valence-corrected chi connectivity index (χ3v) is 5.29. The molecule has 152 valence electrons. The summed E-state index contributed by atoms with van der Waals surface area (Å²) >= 11 is 0. The van der Waals surface area contributed by atoms with Crippen molar-refractivity contribution in [1.82, 2.24) is 25.3 Å². The molecule has 3 rings (SSSR count). The average Bonchev–Trinajstić information content (AvgIpc) is 3.31. The quantitative estimate of drug-likeness (QED) is 0.571. The van der Waals surface area contributed by atoms with E-state index in [9.17, 15) is 0 Å². The molecule has 2 aromatic rings. The summed E-state index contributed by atoms with van der Waals surface area (Å²) in [6.45, 7) is 11.7. The zero-order valence-corrected chi connectivity index (χ0v) is 17.7. The maximum Gasteiger partial charge on any atom is 0.191 e. The summed E-state index contributed by atoms with van der Waals surface area (Å²) in [5, 5.41) is 11.6. The lowest BCUT2D eigenvalue weighted by atomic mass is 10.1. The summed E-state index contributed by atoms with van der Waals surface area (Å²) in [4.78, 5) is 6.95. The van der Waals surface area contributed by atoms with Gasteiger partial charge in [-0.05, 0) is 63.4 Å². The number of aryl methyl sites for hydroxylation is 2. The molecule has 6 heteroatoms. The highest BCUT2D eigenvalue weighted by molar-refractivity contribution is 5.79. The molecule has 1 unspecified atom stereocenters. The van der Waals surface area contributed by atoms with Gasteiger partial charge < -0.3 is 15.5 Å². The fourth-order valence-corrected chi connectivity index (χ4v) is 3.88. The smallest absolute Gasteiger partial charge is 0.191 e. The summed E-state index contributed by atoms with van der Waals surface area (Å²) < 4.78 is 2.01. The predicted octanol–water partition coefficient (Wildman–Crippen LogP) is 2.89. The molecule has 0 saturated carbocycles. The first-order chi connectivity index (χ1) is 13.6. The Morgan fingerprint density at radius 1 is 1.18 bits per heavy atom. The molecule has 1 saturated heterocycles. The average molecular weight is 383 g/mol. The van der Waals surface area contributed by atoms with E-state index in [0.717, 1.165) is 36.1 Å². The van der Waals surface area contributed by atoms with E-state index in [2.05, 4.69) is 69.8 Å². The Labute approximate surface area is 169 Å². The Morgan fingerprint density at radius 3 is 2.61 bits per heavy atom. The Bertz CT molecular complexity index is 788. The van der Waals surface area contributed by atoms with Crippen LogP contribution in [0.15, 0.2) is 35.3 Å². The van der Waals surface area contributed by atoms with Gasteiger partial charge in [-0.15, -0.1) is 0 Å². The van der Waals surface area contributed by atoms with Crippen LogP contribution in [0, 0.1) is 19.8 Å². The van der Waals surface area contributed by atoms with Gasteiger partial charge in [-0.25, -0.2) is 4.68 Å². The van der Waals surface area contributed by atoms with Gasteiger partial charge in [0.15, 0.2) is 5.96 Å². The molecule has 1 aliphatic rings. The molecule has 0 bridgehead atoms. The van der Waals surface area contributed by atoms with E-state index < -0.39 is 0 Å². The molecule has 1 aromatic carbocycles. The first-order valence-corrected chi connectivity index (χ1v) is 10.3. The van der Waals surface area contributed by atoms with Crippen LogP contribution in [0.4, 0.5) is 0 Å². The van der Waals surface area contributed by atoms with Crippen molar-refractivity contribution in [2.75, 3.05) is 33.2 Å². The third-order valence-electron chi connectivity index (χ3n) is 5.29. The molecule has 1 aliphatic heterocycles. The number of hydrogen-bond acceptors (Lipinski definition) is 3. The van der Waals surface area contributed by atoms with Crippen molar-refractivity contribution < 1.29 is 0 Å². The van der Waals surface area contributed by atoms with E-state index in [4.69, 9.17) is 0 Å². The van der Waals surface area contributed by atoms with E-state index in [-0.39, 0.29) is 0 Å². The summed E-state index contributed by atoms with van der Waals surface area (Å²) in [6, 6.07) is 10.5. The minimum absolute atomic E-state index is 0.596. The van der Waals surface area contributed by atoms with E-state index >= 15 is 0 Å². The van der Waals surface area contributed by atoms with Crippen LogP contribution in [-0.4, -0.2) is 53.9 Å². The zero-order valence-electron chi connectivity index (χ0n) is 17.7. The summed E-state index contributed by atoms with van der Waals surface area (Å²) in [6.07, 6.45) is 2.69. The lowest BCUT2D eigenvalue weighted by Crippen LogP contribution is -2.41. The molecule has 0 spiro atoms. The lowest BCUT2D eigenvalue weighted by molar-refractivity contribution is 0.287. The topological polar surface area (TPSA) is 57.5 Å². The van der Waals surface area contributed by atoms with Crippen LogP contribution < -0.4 is 10.6 Å². The second-order valence-corrected chi connectivity index (χ2v) is 7.89. The maximum absolute atomic E-state index is 4.64. The molecular formula is C22H34N6. The van der Waals surface area contributed by atoms with E-state index in [0.29, 0.717) is 12.5 Å². The summed E-state index contributed by atoms with van der Waals surface area (Å²) in [7, 11) is 1.83. The van der Waals surface area contributed by atoms with E-state index in [1.54, 1.807) is 0 Å². The largest absolute Gasteiger partial charge is 0.356 e. The van der Waals surface area contributed by atoms with Gasteiger partial charge in [0.1, 0.15) is 0 Å². The van der Waals surface area contributed by atoms with Crippen molar-refractivity contribution >= 4 is 5.96 Å². The molecule has 1 atom stereocenters. The molecule has 0 aliphatic carbocycles. The molecule has 1 aromatic heterocycles. The van der Waals surface area contributed by atoms with Crippen LogP contribution in [-0.2, 0) is 6.54 Å². The van der Waals surface area contributed by atoms with Gasteiger partial charge in [0, 0.05) is 32.4 Å². The molecule has 0 amide bonds. The molecule has 2 N–H and O–H groups in total. The number of nitrogens with zero attached hydrogens (tertiary/aromatic N) is 4. The summed E-state index contributed by atoms with van der Waals surface area (Å²) in [5.41, 5.74) is 4.48. The van der Waals surface area contributed by atoms with Gasteiger partial charge >= 0.3 is 0 Å². The van der Waals surface area contributed by atoms with Crippen molar-refractivity contribution in [3.8, 4) is 5.69 Å². The standard InChI is InChI=1S/C22H34N6/c1-17(16-27-11-7-8-12-27)14-24-22(23-4)25-15-20-9-5-6-10-21(20)28-19(3)13-18(2)26-28/h5-6,9-10,13,17H,7-8,11-12,14-16H2,1-4H3,(H2,23,24,25). The van der Waals surface area contributed by atoms with Gasteiger partial charge in [-0.2, -0.15) is 5.10 Å². The molecule has 28 heavy (non-hydrogen) atoms. The molecule has 1 fully saturated rings. The predicted molar refractivity (Wildman–Crippen MR) is 116 cm³/mol. The van der Waals surface area contributed by atoms with Crippen molar-refractivity contribution in [3.63, 3.8) is 0 Å². The minimum atomic E-state index is 0.596. The highest BCUT2D eigenvalue weighted by Crippen LogP contribution is 2.17. The first kappa shape index (κ1) is 20.4. The fraction of sp³-hybridized carbons (Fsp3) is 0.545. The van der Waals surface area contributed by atoms with Crippen molar-refractivity contribution in [2.24, 2.45) is 10.9 Å². The fourth-order valence-electron chi connectivity index (χ4n) is 3.88. The zero-order chi connectivity index (χ0) is 19.9. The number of hydrogen-bond donors (Lipinski definition) is 2. The molecule has 6 nitrogen and oxygen atoms in total. The number of aliphatic imine (C=N–C) groups is 1. The molecule has 0 radical (unpaired) electrons. The SMILES string of the molecule is CN=C(NCc1ccccc1-n1nc(C)cc1C)NCC(C)CN1CCCC1. The van der Waals surface area contributed by atoms with Gasteiger partial charge in [0.2, 0.25) is 0 Å². The van der Waals surface area contributed by atoms with Crippen molar-refractivity contribution in [3.05, 3.63) is 47.3 Å². The minimum Gasteiger partial charge on any atom is -0.356 e. The number of rotatable bonds is 7. The Kier molecular flexibility index (Phi) is 7.09. The Morgan fingerprint density at radius 2 is 1.93 bits per heavy atom. The number of nitrogens with one attached hydrogen (secondary N) is 2. The third kappa shape index (κ3) is 5.35. The Balaban J connectivity index is 1.56. The number of likely N-dealkylation sites (tertiary alicyclic amines) is 1. The lowest BCUT2D eigenvalue weighted by Gasteiger charge is -2.21. The van der Waals surface area contributed by atoms with Crippen molar-refractivity contribution in [1.29, 1.82) is 0 Å². The monoisotopic (exact) mass is 382 g/mol. The van der Waals surface area contributed by atoms with Gasteiger partial charge in [0.25, 0.3) is 0 Å². The Hall–Kier alpha value is -2.34. The van der Waals surface area contributed by atoms with Crippen LogP contribution in [0.3, 0.4) is 0 Å². The van der Waals surface area contributed by atoms with Crippen LogP contribution in [0.2, 0.25) is 0 Å². The van der Waals surface area contributed by atoms with Crippen LogP contribution >= 0.6 is 0 Å². The molecule has 2 heterocycles. The van der Waals surface area contributed by atoms with Crippen LogP contribution in [0.5, 0.6) is 0 Å². The normalized spacial score (nSPS) is 16.4. The van der Waals surface area contributed by atoms with Gasteiger partial charge in [0.05, 0.1) is 11.4 Å². The van der Waals surface area contributed by atoms with Gasteiger partial charge in [-0.3, -0.25) is 4.99 Å². The highest BCUT2D eigenvalue weighted by atomic mass is 15.3. The highest BCUT2D eigenvalue weighted by Gasteiger charge is 2.15.